The van der Waals surface area contributed by atoms with Crippen LogP contribution in [0, 0.1) is 0 Å². The maximum Gasteiger partial charge on any atom is 0.271 e. The number of hydrogen-bond acceptors (Lipinski definition) is 5. The highest BCUT2D eigenvalue weighted by molar-refractivity contribution is 6.24. The fourth-order valence-corrected chi connectivity index (χ4v) is 4.93. The third-order valence-electron chi connectivity index (χ3n) is 7.01. The second kappa shape index (κ2) is 11.4. The van der Waals surface area contributed by atoms with Crippen molar-refractivity contribution in [1.82, 2.24) is 5.43 Å². The molecule has 2 amide bonds. The number of nitrogens with zero attached hydrogens (tertiary/aromatic N) is 2. The Morgan fingerprint density at radius 3 is 2.41 bits per heavy atom. The number of hydrazone groups is 1. The van der Waals surface area contributed by atoms with E-state index in [0.717, 1.165) is 38.7 Å². The van der Waals surface area contributed by atoms with E-state index < -0.39 is 0 Å². The summed E-state index contributed by atoms with van der Waals surface area (Å²) >= 11 is 0. The highest BCUT2D eigenvalue weighted by atomic mass is 16.5. The lowest BCUT2D eigenvalue weighted by molar-refractivity contribution is 0.0953. The van der Waals surface area contributed by atoms with Gasteiger partial charge in [-0.1, -0.05) is 66.7 Å². The van der Waals surface area contributed by atoms with E-state index in [1.807, 2.05) is 91.0 Å². The topological polar surface area (TPSA) is 80.2 Å². The molecule has 0 saturated carbocycles. The fraction of sp³-hybridized carbons (Fsp3) is 0.0882. The average Bonchev–Trinajstić information content (AvgIpc) is 3.29. The zero-order chi connectivity index (χ0) is 28.2. The number of ether oxygens (including phenoxy) is 2. The Bertz CT molecular complexity index is 1760. The monoisotopic (exact) mass is 541 g/mol. The van der Waals surface area contributed by atoms with Crippen molar-refractivity contribution in [2.24, 2.45) is 5.10 Å². The molecular weight excluding hydrogens is 514 g/mol. The van der Waals surface area contributed by atoms with Crippen LogP contribution in [0.3, 0.4) is 0 Å². The Morgan fingerprint density at radius 2 is 1.63 bits per heavy atom. The van der Waals surface area contributed by atoms with Crippen LogP contribution >= 0.6 is 0 Å². The number of methoxy groups -OCH3 is 1. The molecular formula is C34H27N3O4. The normalized spacial score (nSPS) is 12.2. The van der Waals surface area contributed by atoms with Gasteiger partial charge in [0.25, 0.3) is 11.8 Å². The first-order chi connectivity index (χ1) is 20.1. The highest BCUT2D eigenvalue weighted by Gasteiger charge is 2.29. The minimum Gasteiger partial charge on any atom is -0.493 e. The van der Waals surface area contributed by atoms with Gasteiger partial charge in [-0.25, -0.2) is 5.43 Å². The summed E-state index contributed by atoms with van der Waals surface area (Å²) in [5.74, 6) is 0.841. The number of carbonyl (C=O) groups excluding carboxylic acids is 2. The molecule has 202 valence electrons. The molecule has 1 aliphatic heterocycles. The number of nitrogens with one attached hydrogen (secondary N) is 1. The predicted molar refractivity (Wildman–Crippen MR) is 160 cm³/mol. The molecule has 0 saturated heterocycles. The second-order valence-electron chi connectivity index (χ2n) is 9.65. The predicted octanol–water partition coefficient (Wildman–Crippen LogP) is 6.35. The van der Waals surface area contributed by atoms with E-state index in [4.69, 9.17) is 9.47 Å². The SMILES string of the molecule is COc1cc(/C=N\NC(=O)c2ccc(CN3C(=O)c4cccc5cccc3c45)cc2)ccc1OCc1ccccc1. The minimum atomic E-state index is -0.336. The molecule has 0 aromatic heterocycles. The van der Waals surface area contributed by atoms with Gasteiger partial charge in [0.2, 0.25) is 0 Å². The Balaban J connectivity index is 1.07. The van der Waals surface area contributed by atoms with Gasteiger partial charge in [0.05, 0.1) is 25.6 Å². The third-order valence-corrected chi connectivity index (χ3v) is 7.01. The minimum absolute atomic E-state index is 0.0135. The lowest BCUT2D eigenvalue weighted by Gasteiger charge is -2.18. The quantitative estimate of drug-likeness (QED) is 0.174. The molecule has 0 bridgehead atoms. The molecule has 5 aromatic carbocycles. The molecule has 1 heterocycles. The van der Waals surface area contributed by atoms with Crippen molar-refractivity contribution >= 4 is 34.5 Å². The van der Waals surface area contributed by atoms with Gasteiger partial charge in [0.15, 0.2) is 11.5 Å². The Morgan fingerprint density at radius 1 is 0.854 bits per heavy atom. The number of carbonyl (C=O) groups is 2. The molecule has 0 radical (unpaired) electrons. The second-order valence-corrected chi connectivity index (χ2v) is 9.65. The van der Waals surface area contributed by atoms with Crippen LogP contribution in [-0.2, 0) is 13.2 Å². The van der Waals surface area contributed by atoms with Crippen LogP contribution in [0.5, 0.6) is 11.5 Å². The summed E-state index contributed by atoms with van der Waals surface area (Å²) in [7, 11) is 1.58. The lowest BCUT2D eigenvalue weighted by atomic mass is 10.1. The Hall–Kier alpha value is -5.43. The van der Waals surface area contributed by atoms with Gasteiger partial charge in [-0.15, -0.1) is 0 Å². The molecule has 5 aromatic rings. The van der Waals surface area contributed by atoms with Crippen molar-refractivity contribution in [3.63, 3.8) is 0 Å². The molecule has 0 fully saturated rings. The summed E-state index contributed by atoms with van der Waals surface area (Å²) < 4.78 is 11.4. The number of rotatable bonds is 9. The van der Waals surface area contributed by atoms with Crippen LogP contribution in [-0.4, -0.2) is 25.1 Å². The first kappa shape index (κ1) is 25.8. The van der Waals surface area contributed by atoms with Gasteiger partial charge in [0.1, 0.15) is 6.61 Å². The molecule has 0 unspecified atom stereocenters. The molecule has 1 N–H and O–H groups in total. The summed E-state index contributed by atoms with van der Waals surface area (Å²) in [5.41, 5.74) is 7.39. The van der Waals surface area contributed by atoms with Crippen LogP contribution in [0.25, 0.3) is 10.8 Å². The Kier molecular flexibility index (Phi) is 7.15. The molecule has 41 heavy (non-hydrogen) atoms. The van der Waals surface area contributed by atoms with Crippen LogP contribution in [0.2, 0.25) is 0 Å². The van der Waals surface area contributed by atoms with E-state index in [-0.39, 0.29) is 11.8 Å². The van der Waals surface area contributed by atoms with Gasteiger partial charge in [-0.3, -0.25) is 9.59 Å². The summed E-state index contributed by atoms with van der Waals surface area (Å²) in [5, 5.41) is 6.14. The van der Waals surface area contributed by atoms with Crippen LogP contribution in [0.1, 0.15) is 37.4 Å². The third kappa shape index (κ3) is 5.38. The Labute approximate surface area is 237 Å². The summed E-state index contributed by atoms with van der Waals surface area (Å²) in [6, 6.07) is 34.3. The molecule has 7 heteroatoms. The van der Waals surface area contributed by atoms with E-state index in [9.17, 15) is 9.59 Å². The van der Waals surface area contributed by atoms with Gasteiger partial charge < -0.3 is 14.4 Å². The van der Waals surface area contributed by atoms with Crippen molar-refractivity contribution in [3.05, 3.63) is 137 Å². The van der Waals surface area contributed by atoms with Crippen LogP contribution in [0.15, 0.2) is 114 Å². The fourth-order valence-electron chi connectivity index (χ4n) is 4.93. The maximum atomic E-state index is 13.1. The average molecular weight is 542 g/mol. The largest absolute Gasteiger partial charge is 0.493 e. The molecule has 6 rings (SSSR count). The summed E-state index contributed by atoms with van der Waals surface area (Å²) in [4.78, 5) is 27.5. The summed E-state index contributed by atoms with van der Waals surface area (Å²) in [6.45, 7) is 0.844. The van der Waals surface area contributed by atoms with Crippen LogP contribution < -0.4 is 19.8 Å². The van der Waals surface area contributed by atoms with Gasteiger partial charge in [0, 0.05) is 16.5 Å². The lowest BCUT2D eigenvalue weighted by Crippen LogP contribution is -2.26. The molecule has 7 nitrogen and oxygen atoms in total. The number of hydrogen-bond donors (Lipinski definition) is 1. The number of benzene rings is 5. The van der Waals surface area contributed by atoms with Crippen molar-refractivity contribution in [3.8, 4) is 11.5 Å². The summed E-state index contributed by atoms with van der Waals surface area (Å²) in [6.07, 6.45) is 1.55. The van der Waals surface area contributed by atoms with Crippen molar-refractivity contribution < 1.29 is 19.1 Å². The van der Waals surface area contributed by atoms with E-state index in [1.165, 1.54) is 0 Å². The zero-order valence-corrected chi connectivity index (χ0v) is 22.4. The number of anilines is 1. The molecule has 0 spiro atoms. The van der Waals surface area contributed by atoms with E-state index >= 15 is 0 Å². The standard InChI is InChI=1S/C34H27N3O4/c1-40-31-19-25(15-18-30(31)41-22-24-7-3-2-4-8-24)20-35-36-33(38)27-16-13-23(14-17-27)21-37-29-12-6-10-26-9-5-11-28(32(26)29)34(37)39/h2-20H,21-22H2,1H3,(H,36,38)/b35-20-. The highest BCUT2D eigenvalue weighted by Crippen LogP contribution is 2.38. The van der Waals surface area contributed by atoms with E-state index in [1.54, 1.807) is 36.4 Å². The molecule has 0 aliphatic carbocycles. The first-order valence-electron chi connectivity index (χ1n) is 13.2. The van der Waals surface area contributed by atoms with Gasteiger partial charge in [-0.05, 0) is 64.5 Å². The van der Waals surface area contributed by atoms with Crippen LogP contribution in [0.4, 0.5) is 5.69 Å². The van der Waals surface area contributed by atoms with Crippen molar-refractivity contribution in [1.29, 1.82) is 0 Å². The smallest absolute Gasteiger partial charge is 0.271 e. The molecule has 1 aliphatic rings. The van der Waals surface area contributed by atoms with Crippen molar-refractivity contribution in [2.75, 3.05) is 12.0 Å². The van der Waals surface area contributed by atoms with Crippen molar-refractivity contribution in [2.45, 2.75) is 13.2 Å². The zero-order valence-electron chi connectivity index (χ0n) is 22.4. The van der Waals surface area contributed by atoms with Gasteiger partial charge >= 0.3 is 0 Å². The van der Waals surface area contributed by atoms with Gasteiger partial charge in [-0.2, -0.15) is 5.10 Å². The maximum absolute atomic E-state index is 13.1. The molecule has 0 atom stereocenters. The first-order valence-corrected chi connectivity index (χ1v) is 13.2. The van der Waals surface area contributed by atoms with E-state index in [2.05, 4.69) is 10.5 Å². The van der Waals surface area contributed by atoms with E-state index in [0.29, 0.717) is 30.2 Å². The number of amides is 2.